The van der Waals surface area contributed by atoms with Gasteiger partial charge in [-0.2, -0.15) is 0 Å². The van der Waals surface area contributed by atoms with Gasteiger partial charge in [0.15, 0.2) is 0 Å². The zero-order chi connectivity index (χ0) is 21.4. The number of rotatable bonds is 9. The van der Waals surface area contributed by atoms with E-state index < -0.39 is 11.9 Å². The second-order valence-electron chi connectivity index (χ2n) is 7.48. The van der Waals surface area contributed by atoms with Crippen molar-refractivity contribution >= 4 is 11.8 Å². The summed E-state index contributed by atoms with van der Waals surface area (Å²) >= 11 is 0. The molecule has 2 amide bonds. The number of hydrogen-bond donors (Lipinski definition) is 1. The summed E-state index contributed by atoms with van der Waals surface area (Å²) in [6.07, 6.45) is 0.260. The van der Waals surface area contributed by atoms with Gasteiger partial charge in [-0.15, -0.1) is 0 Å². The Hall–Kier alpha value is -2.76. The van der Waals surface area contributed by atoms with E-state index in [-0.39, 0.29) is 42.1 Å². The maximum atomic E-state index is 14.0. The lowest BCUT2D eigenvalue weighted by molar-refractivity contribution is -0.141. The van der Waals surface area contributed by atoms with Crippen LogP contribution < -0.4 is 5.32 Å². The van der Waals surface area contributed by atoms with Crippen molar-refractivity contribution in [2.75, 3.05) is 6.54 Å². The van der Waals surface area contributed by atoms with E-state index in [4.69, 9.17) is 0 Å². The molecule has 2 rings (SSSR count). The van der Waals surface area contributed by atoms with Crippen LogP contribution in [0.4, 0.5) is 8.78 Å². The van der Waals surface area contributed by atoms with Gasteiger partial charge >= 0.3 is 0 Å². The first kappa shape index (κ1) is 22.5. The number of carbonyl (C=O) groups excluding carboxylic acids is 2. The van der Waals surface area contributed by atoms with Gasteiger partial charge < -0.3 is 10.2 Å². The Labute approximate surface area is 170 Å². The number of nitrogens with zero attached hydrogens (tertiary/aromatic N) is 1. The molecule has 2 aromatic rings. The monoisotopic (exact) mass is 402 g/mol. The highest BCUT2D eigenvalue weighted by Gasteiger charge is 2.29. The second kappa shape index (κ2) is 10.7. The lowest BCUT2D eigenvalue weighted by Crippen LogP contribution is -2.50. The lowest BCUT2D eigenvalue weighted by atomic mass is 10.1. The Balaban J connectivity index is 2.27. The van der Waals surface area contributed by atoms with Crippen LogP contribution >= 0.6 is 0 Å². The first-order valence-corrected chi connectivity index (χ1v) is 9.86. The van der Waals surface area contributed by atoms with Crippen molar-refractivity contribution in [2.45, 2.75) is 46.2 Å². The van der Waals surface area contributed by atoms with Crippen LogP contribution in [0.1, 0.15) is 38.3 Å². The topological polar surface area (TPSA) is 49.4 Å². The molecule has 0 spiro atoms. The minimum atomic E-state index is -0.696. The second-order valence-corrected chi connectivity index (χ2v) is 7.48. The van der Waals surface area contributed by atoms with Crippen molar-refractivity contribution < 1.29 is 18.4 Å². The van der Waals surface area contributed by atoms with Gasteiger partial charge in [0.2, 0.25) is 11.8 Å². The van der Waals surface area contributed by atoms with Crippen molar-refractivity contribution in [2.24, 2.45) is 5.92 Å². The Kier molecular flexibility index (Phi) is 8.31. The molecule has 0 radical (unpaired) electrons. The fourth-order valence-electron chi connectivity index (χ4n) is 3.03. The van der Waals surface area contributed by atoms with Gasteiger partial charge in [0.25, 0.3) is 0 Å². The minimum absolute atomic E-state index is 0.140. The quantitative estimate of drug-likeness (QED) is 0.687. The molecule has 0 saturated carbocycles. The molecule has 4 nitrogen and oxygen atoms in total. The summed E-state index contributed by atoms with van der Waals surface area (Å²) in [6.45, 7) is 6.44. The van der Waals surface area contributed by atoms with Crippen LogP contribution in [0.2, 0.25) is 0 Å². The molecule has 0 aliphatic heterocycles. The molecule has 0 aromatic heterocycles. The van der Waals surface area contributed by atoms with Gasteiger partial charge in [0, 0.05) is 13.1 Å². The standard InChI is InChI=1S/C23H28F2N2O2/c1-4-21(23(29)26-14-16(2)3)27(15-17-9-11-19(24)12-10-17)22(28)13-18-7-5-6-8-20(18)25/h5-12,16,21H,4,13-15H2,1-3H3,(H,26,29). The van der Waals surface area contributed by atoms with Crippen molar-refractivity contribution in [3.8, 4) is 0 Å². The molecule has 0 bridgehead atoms. The maximum absolute atomic E-state index is 14.0. The van der Waals surface area contributed by atoms with E-state index in [9.17, 15) is 18.4 Å². The molecular formula is C23H28F2N2O2. The summed E-state index contributed by atoms with van der Waals surface area (Å²) in [6, 6.07) is 11.2. The summed E-state index contributed by atoms with van der Waals surface area (Å²) in [4.78, 5) is 27.3. The van der Waals surface area contributed by atoms with Crippen LogP contribution in [-0.4, -0.2) is 29.3 Å². The van der Waals surface area contributed by atoms with Gasteiger partial charge in [-0.1, -0.05) is 51.1 Å². The van der Waals surface area contributed by atoms with Crippen LogP contribution in [0, 0.1) is 17.6 Å². The maximum Gasteiger partial charge on any atom is 0.242 e. The fourth-order valence-corrected chi connectivity index (χ4v) is 3.03. The Bertz CT molecular complexity index is 822. The SMILES string of the molecule is CCC(C(=O)NCC(C)C)N(Cc1ccc(F)cc1)C(=O)Cc1ccccc1F. The van der Waals surface area contributed by atoms with E-state index in [1.165, 1.54) is 23.1 Å². The van der Waals surface area contributed by atoms with E-state index >= 15 is 0 Å². The molecule has 0 saturated heterocycles. The zero-order valence-corrected chi connectivity index (χ0v) is 17.1. The highest BCUT2D eigenvalue weighted by Crippen LogP contribution is 2.16. The largest absolute Gasteiger partial charge is 0.354 e. The Morgan fingerprint density at radius 3 is 2.28 bits per heavy atom. The molecule has 29 heavy (non-hydrogen) atoms. The fraction of sp³-hybridized carbons (Fsp3) is 0.391. The molecule has 0 fully saturated rings. The van der Waals surface area contributed by atoms with Crippen LogP contribution in [0.15, 0.2) is 48.5 Å². The van der Waals surface area contributed by atoms with Crippen molar-refractivity contribution in [1.82, 2.24) is 10.2 Å². The summed E-state index contributed by atoms with van der Waals surface area (Å²) in [5.74, 6) is -1.16. The molecule has 0 aliphatic rings. The van der Waals surface area contributed by atoms with Crippen LogP contribution in [0.3, 0.4) is 0 Å². The van der Waals surface area contributed by atoms with Crippen LogP contribution in [-0.2, 0) is 22.6 Å². The summed E-state index contributed by atoms with van der Waals surface area (Å²) < 4.78 is 27.3. The van der Waals surface area contributed by atoms with Gasteiger partial charge in [-0.3, -0.25) is 9.59 Å². The zero-order valence-electron chi connectivity index (χ0n) is 17.1. The highest BCUT2D eigenvalue weighted by molar-refractivity contribution is 5.88. The Morgan fingerprint density at radius 2 is 1.69 bits per heavy atom. The molecule has 1 unspecified atom stereocenters. The number of halogens is 2. The predicted octanol–water partition coefficient (Wildman–Crippen LogP) is 4.09. The summed E-state index contributed by atoms with van der Waals surface area (Å²) in [5, 5.41) is 2.87. The number of hydrogen-bond acceptors (Lipinski definition) is 2. The molecule has 0 heterocycles. The molecule has 6 heteroatoms. The van der Waals surface area contributed by atoms with Gasteiger partial charge in [-0.25, -0.2) is 8.78 Å². The van der Waals surface area contributed by atoms with E-state index in [0.717, 1.165) is 0 Å². The summed E-state index contributed by atoms with van der Waals surface area (Å²) in [5.41, 5.74) is 0.974. The molecular weight excluding hydrogens is 374 g/mol. The number of amides is 2. The predicted molar refractivity (Wildman–Crippen MR) is 109 cm³/mol. The third-order valence-corrected chi connectivity index (χ3v) is 4.64. The van der Waals surface area contributed by atoms with Gasteiger partial charge in [-0.05, 0) is 41.7 Å². The average Bonchev–Trinajstić information content (AvgIpc) is 2.69. The molecule has 1 atom stereocenters. The minimum Gasteiger partial charge on any atom is -0.354 e. The highest BCUT2D eigenvalue weighted by atomic mass is 19.1. The summed E-state index contributed by atoms with van der Waals surface area (Å²) in [7, 11) is 0. The van der Waals surface area contributed by atoms with E-state index in [1.807, 2.05) is 20.8 Å². The molecule has 1 N–H and O–H groups in total. The van der Waals surface area contributed by atoms with E-state index in [0.29, 0.717) is 18.5 Å². The van der Waals surface area contributed by atoms with Gasteiger partial charge in [0.05, 0.1) is 6.42 Å². The van der Waals surface area contributed by atoms with Gasteiger partial charge in [0.1, 0.15) is 17.7 Å². The van der Waals surface area contributed by atoms with Crippen LogP contribution in [0.25, 0.3) is 0 Å². The third kappa shape index (κ3) is 6.66. The first-order valence-electron chi connectivity index (χ1n) is 9.86. The first-order chi connectivity index (χ1) is 13.8. The number of benzene rings is 2. The molecule has 2 aromatic carbocycles. The molecule has 0 aliphatic carbocycles. The van der Waals surface area contributed by atoms with Crippen LogP contribution in [0.5, 0.6) is 0 Å². The van der Waals surface area contributed by atoms with E-state index in [1.54, 1.807) is 30.3 Å². The van der Waals surface area contributed by atoms with E-state index in [2.05, 4.69) is 5.32 Å². The third-order valence-electron chi connectivity index (χ3n) is 4.64. The smallest absolute Gasteiger partial charge is 0.242 e. The molecule has 156 valence electrons. The number of nitrogens with one attached hydrogen (secondary N) is 1. The average molecular weight is 402 g/mol. The van der Waals surface area contributed by atoms with Crippen molar-refractivity contribution in [3.05, 3.63) is 71.3 Å². The van der Waals surface area contributed by atoms with Crippen molar-refractivity contribution in [1.29, 1.82) is 0 Å². The number of carbonyl (C=O) groups is 2. The normalized spacial score (nSPS) is 11.9. The Morgan fingerprint density at radius 1 is 1.03 bits per heavy atom. The lowest BCUT2D eigenvalue weighted by Gasteiger charge is -2.31. The van der Waals surface area contributed by atoms with Crippen molar-refractivity contribution in [3.63, 3.8) is 0 Å².